The number of hydrogen-bond acceptors (Lipinski definition) is 1. The van der Waals surface area contributed by atoms with Crippen LogP contribution in [-0.2, 0) is 11.3 Å². The average Bonchev–Trinajstić information content (AvgIpc) is 2.56. The molecule has 0 aliphatic carbocycles. The van der Waals surface area contributed by atoms with Crippen LogP contribution in [0.25, 0.3) is 0 Å². The number of benzene rings is 1. The largest absolute Gasteiger partial charge is 1.00 e. The molecule has 1 amide bonds. The molecule has 0 bridgehead atoms. The number of rotatable bonds is 8. The molecule has 0 radical (unpaired) electrons. The highest BCUT2D eigenvalue weighted by Gasteiger charge is 2.30. The lowest BCUT2D eigenvalue weighted by atomic mass is 10.1. The van der Waals surface area contributed by atoms with Crippen molar-refractivity contribution in [2.75, 3.05) is 33.2 Å². The van der Waals surface area contributed by atoms with Gasteiger partial charge in [0, 0.05) is 12.0 Å². The van der Waals surface area contributed by atoms with Crippen LogP contribution in [-0.4, -0.2) is 48.5 Å². The molecule has 3 nitrogen and oxygen atoms in total. The van der Waals surface area contributed by atoms with Crippen LogP contribution >= 0.6 is 0 Å². The second-order valence-corrected chi connectivity index (χ2v) is 7.26. The maximum atomic E-state index is 12.3. The Morgan fingerprint density at radius 1 is 1.04 bits per heavy atom. The number of carbonyl (C=O) groups is 1. The first kappa shape index (κ1) is 21.2. The van der Waals surface area contributed by atoms with E-state index in [-0.39, 0.29) is 17.0 Å². The van der Waals surface area contributed by atoms with Gasteiger partial charge in [0.15, 0.2) is 0 Å². The molecule has 1 saturated heterocycles. The Kier molecular flexibility index (Phi) is 9.60. The Bertz CT molecular complexity index is 470. The molecular weight excluding hydrogens is 364 g/mol. The lowest BCUT2D eigenvalue weighted by molar-refractivity contribution is -0.926. The topological polar surface area (TPSA) is 20.3 Å². The molecule has 1 aliphatic rings. The molecule has 1 fully saturated rings. The first-order chi connectivity index (χ1) is 11.1. The van der Waals surface area contributed by atoms with E-state index in [4.69, 9.17) is 0 Å². The lowest BCUT2D eigenvalue weighted by Crippen LogP contribution is -3.00. The number of quaternary nitrogens is 1. The SMILES string of the molecule is CCCCCCCC(=O)N1CC[N+](C)(Cc2ccccc2)CC1.[Br-]. The van der Waals surface area contributed by atoms with E-state index in [1.807, 2.05) is 0 Å². The molecule has 136 valence electrons. The zero-order chi connectivity index (χ0) is 16.5. The number of piperazine rings is 1. The molecule has 0 atom stereocenters. The lowest BCUT2D eigenvalue weighted by Gasteiger charge is -2.42. The van der Waals surface area contributed by atoms with Crippen molar-refractivity contribution in [3.05, 3.63) is 35.9 Å². The summed E-state index contributed by atoms with van der Waals surface area (Å²) in [6.45, 7) is 7.25. The molecule has 0 aromatic heterocycles. The standard InChI is InChI=1S/C20H33N2O.BrH/c1-3-4-5-6-10-13-20(23)21-14-16-22(2,17-15-21)18-19-11-8-7-9-12-19;/h7-9,11-12H,3-6,10,13-18H2,1-2H3;1H/q+1;/p-1. The summed E-state index contributed by atoms with van der Waals surface area (Å²) >= 11 is 0. The van der Waals surface area contributed by atoms with E-state index in [9.17, 15) is 4.79 Å². The van der Waals surface area contributed by atoms with Gasteiger partial charge in [0.25, 0.3) is 0 Å². The maximum Gasteiger partial charge on any atom is 0.222 e. The van der Waals surface area contributed by atoms with Crippen LogP contribution in [0.4, 0.5) is 0 Å². The number of halogens is 1. The summed E-state index contributed by atoms with van der Waals surface area (Å²) < 4.78 is 1.05. The zero-order valence-corrected chi connectivity index (χ0v) is 16.9. The van der Waals surface area contributed by atoms with Crippen LogP contribution in [0.15, 0.2) is 30.3 Å². The zero-order valence-electron chi connectivity index (χ0n) is 15.3. The molecule has 0 saturated carbocycles. The van der Waals surface area contributed by atoms with E-state index in [0.29, 0.717) is 5.91 Å². The molecule has 2 rings (SSSR count). The predicted octanol–water partition coefficient (Wildman–Crippen LogP) is 0.840. The molecule has 1 aliphatic heterocycles. The van der Waals surface area contributed by atoms with Gasteiger partial charge in [0.1, 0.15) is 6.54 Å². The second kappa shape index (κ2) is 10.9. The number of amides is 1. The van der Waals surface area contributed by atoms with Gasteiger partial charge in [0.05, 0.1) is 33.2 Å². The van der Waals surface area contributed by atoms with E-state index >= 15 is 0 Å². The van der Waals surface area contributed by atoms with Crippen molar-refractivity contribution in [2.24, 2.45) is 0 Å². The molecule has 0 unspecified atom stereocenters. The fourth-order valence-corrected chi connectivity index (χ4v) is 3.42. The van der Waals surface area contributed by atoms with Crippen molar-refractivity contribution in [3.8, 4) is 0 Å². The highest BCUT2D eigenvalue weighted by molar-refractivity contribution is 5.76. The number of likely N-dealkylation sites (N-methyl/N-ethyl adjacent to an activating group) is 1. The van der Waals surface area contributed by atoms with E-state index in [0.717, 1.165) is 50.0 Å². The first-order valence-corrected chi connectivity index (χ1v) is 9.28. The van der Waals surface area contributed by atoms with Gasteiger partial charge in [-0.3, -0.25) is 4.79 Å². The van der Waals surface area contributed by atoms with Crippen molar-refractivity contribution in [1.82, 2.24) is 4.90 Å². The van der Waals surface area contributed by atoms with Crippen molar-refractivity contribution in [1.29, 1.82) is 0 Å². The number of nitrogens with zero attached hydrogens (tertiary/aromatic N) is 2. The third-order valence-corrected chi connectivity index (χ3v) is 5.07. The van der Waals surface area contributed by atoms with Crippen LogP contribution in [0, 0.1) is 0 Å². The Morgan fingerprint density at radius 2 is 1.67 bits per heavy atom. The summed E-state index contributed by atoms with van der Waals surface area (Å²) in [6.07, 6.45) is 6.84. The maximum absolute atomic E-state index is 12.3. The molecular formula is C20H33BrN2O. The second-order valence-electron chi connectivity index (χ2n) is 7.26. The molecule has 1 heterocycles. The minimum absolute atomic E-state index is 0. The van der Waals surface area contributed by atoms with Crippen LogP contribution in [0.1, 0.15) is 51.0 Å². The number of hydrogen-bond donors (Lipinski definition) is 0. The van der Waals surface area contributed by atoms with E-state index in [1.165, 1.54) is 31.2 Å². The van der Waals surface area contributed by atoms with Gasteiger partial charge in [0.2, 0.25) is 5.91 Å². The van der Waals surface area contributed by atoms with Gasteiger partial charge in [-0.05, 0) is 6.42 Å². The van der Waals surface area contributed by atoms with Crippen LogP contribution in [0.2, 0.25) is 0 Å². The normalized spacial score (nSPS) is 16.5. The fraction of sp³-hybridized carbons (Fsp3) is 0.650. The molecule has 4 heteroatoms. The monoisotopic (exact) mass is 396 g/mol. The number of carbonyl (C=O) groups excluding carboxylic acids is 1. The fourth-order valence-electron chi connectivity index (χ4n) is 3.42. The average molecular weight is 397 g/mol. The molecule has 1 aromatic rings. The van der Waals surface area contributed by atoms with Gasteiger partial charge in [-0.25, -0.2) is 0 Å². The summed E-state index contributed by atoms with van der Waals surface area (Å²) in [5, 5.41) is 0. The van der Waals surface area contributed by atoms with Gasteiger partial charge < -0.3 is 26.4 Å². The third kappa shape index (κ3) is 6.94. The van der Waals surface area contributed by atoms with Crippen molar-refractivity contribution in [3.63, 3.8) is 0 Å². The highest BCUT2D eigenvalue weighted by atomic mass is 79.9. The van der Waals surface area contributed by atoms with Gasteiger partial charge in [-0.2, -0.15) is 0 Å². The molecule has 1 aromatic carbocycles. The van der Waals surface area contributed by atoms with Gasteiger partial charge in [-0.1, -0.05) is 62.9 Å². The summed E-state index contributed by atoms with van der Waals surface area (Å²) in [4.78, 5) is 14.4. The van der Waals surface area contributed by atoms with Crippen LogP contribution in [0.5, 0.6) is 0 Å². The van der Waals surface area contributed by atoms with Crippen molar-refractivity contribution < 1.29 is 26.3 Å². The third-order valence-electron chi connectivity index (χ3n) is 5.07. The summed E-state index contributed by atoms with van der Waals surface area (Å²) in [5.74, 6) is 0.368. The van der Waals surface area contributed by atoms with Crippen LogP contribution in [0.3, 0.4) is 0 Å². The van der Waals surface area contributed by atoms with Gasteiger partial charge in [-0.15, -0.1) is 0 Å². The molecule has 0 spiro atoms. The summed E-state index contributed by atoms with van der Waals surface area (Å²) in [6, 6.07) is 10.7. The Balaban J connectivity index is 0.00000288. The quantitative estimate of drug-likeness (QED) is 0.470. The minimum Gasteiger partial charge on any atom is -1.00 e. The first-order valence-electron chi connectivity index (χ1n) is 9.28. The molecule has 24 heavy (non-hydrogen) atoms. The van der Waals surface area contributed by atoms with E-state index in [2.05, 4.69) is 49.2 Å². The minimum atomic E-state index is 0. The van der Waals surface area contributed by atoms with Crippen LogP contribution < -0.4 is 17.0 Å². The van der Waals surface area contributed by atoms with Gasteiger partial charge >= 0.3 is 0 Å². The van der Waals surface area contributed by atoms with Crippen molar-refractivity contribution in [2.45, 2.75) is 52.0 Å². The summed E-state index contributed by atoms with van der Waals surface area (Å²) in [5.41, 5.74) is 1.39. The Labute approximate surface area is 158 Å². The van der Waals surface area contributed by atoms with E-state index < -0.39 is 0 Å². The molecule has 0 N–H and O–H groups in total. The van der Waals surface area contributed by atoms with Crippen molar-refractivity contribution >= 4 is 5.91 Å². The van der Waals surface area contributed by atoms with E-state index in [1.54, 1.807) is 0 Å². The predicted molar refractivity (Wildman–Crippen MR) is 96.0 cm³/mol. The Hall–Kier alpha value is -0.870. The highest BCUT2D eigenvalue weighted by Crippen LogP contribution is 2.17. The Morgan fingerprint density at radius 3 is 2.29 bits per heavy atom. The smallest absolute Gasteiger partial charge is 0.222 e. The number of unbranched alkanes of at least 4 members (excludes halogenated alkanes) is 4. The summed E-state index contributed by atoms with van der Waals surface area (Å²) in [7, 11) is 2.32.